The maximum Gasteiger partial charge on any atom is 0.257 e. The van der Waals surface area contributed by atoms with Gasteiger partial charge in [-0.3, -0.25) is 0 Å². The molecule has 0 saturated carbocycles. The van der Waals surface area contributed by atoms with Crippen molar-refractivity contribution in [2.75, 3.05) is 0 Å². The van der Waals surface area contributed by atoms with Crippen LogP contribution in [-0.4, -0.2) is 4.59 Å². The van der Waals surface area contributed by atoms with E-state index in [9.17, 15) is 4.39 Å². The van der Waals surface area contributed by atoms with Crippen LogP contribution in [0.2, 0.25) is 0 Å². The molecule has 0 unspecified atom stereocenters. The summed E-state index contributed by atoms with van der Waals surface area (Å²) in [5, 5.41) is 0. The van der Waals surface area contributed by atoms with Crippen molar-refractivity contribution in [1.29, 1.82) is 0 Å². The zero-order chi connectivity index (χ0) is 8.04. The molecule has 62 valence electrons. The molecule has 0 aliphatic heterocycles. The van der Waals surface area contributed by atoms with E-state index in [0.29, 0.717) is 0 Å². The lowest BCUT2D eigenvalue weighted by Crippen LogP contribution is -2.02. The molecular weight excluding hydrogens is 174 g/mol. The van der Waals surface area contributed by atoms with Gasteiger partial charge in [0.1, 0.15) is 0 Å². The zero-order valence-electron chi connectivity index (χ0n) is 6.17. The maximum atomic E-state index is 12.3. The van der Waals surface area contributed by atoms with Crippen LogP contribution in [0.5, 0.6) is 0 Å². The van der Waals surface area contributed by atoms with Crippen LogP contribution in [-0.2, 0) is 0 Å². The van der Waals surface area contributed by atoms with E-state index in [2.05, 4.69) is 6.92 Å². The van der Waals surface area contributed by atoms with Crippen molar-refractivity contribution in [3.05, 3.63) is 0 Å². The summed E-state index contributed by atoms with van der Waals surface area (Å²) in [5.41, 5.74) is 0. The average molecular weight is 187 g/mol. The van der Waals surface area contributed by atoms with Gasteiger partial charge in [-0.25, -0.2) is 4.39 Å². The predicted molar refractivity (Wildman–Crippen MR) is 44.3 cm³/mol. The first-order valence-electron chi connectivity index (χ1n) is 3.63. The van der Waals surface area contributed by atoms with E-state index in [0.717, 1.165) is 25.7 Å². The Morgan fingerprint density at radius 1 is 1.20 bits per heavy atom. The number of halogens is 3. The van der Waals surface area contributed by atoms with Gasteiger partial charge < -0.3 is 0 Å². The van der Waals surface area contributed by atoms with E-state index in [1.165, 1.54) is 0 Å². The SMILES string of the molecule is CCCCCCC(F)(Cl)Cl. The summed E-state index contributed by atoms with van der Waals surface area (Å²) in [6, 6.07) is 0. The predicted octanol–water partition coefficient (Wildman–Crippen LogP) is 4.06. The molecule has 0 atom stereocenters. The third kappa shape index (κ3) is 8.51. The van der Waals surface area contributed by atoms with Gasteiger partial charge in [-0.2, -0.15) is 0 Å². The van der Waals surface area contributed by atoms with Crippen molar-refractivity contribution in [3.63, 3.8) is 0 Å². The first-order chi connectivity index (χ1) is 4.56. The van der Waals surface area contributed by atoms with E-state index in [1.807, 2.05) is 0 Å². The van der Waals surface area contributed by atoms with Gasteiger partial charge in [-0.05, 0) is 6.42 Å². The normalized spacial score (nSPS) is 12.0. The number of hydrogen-bond donors (Lipinski definition) is 0. The summed E-state index contributed by atoms with van der Waals surface area (Å²) in [7, 11) is 0. The molecule has 10 heavy (non-hydrogen) atoms. The lowest BCUT2D eigenvalue weighted by Gasteiger charge is -2.07. The molecule has 0 saturated heterocycles. The molecule has 0 rings (SSSR count). The molecule has 0 aliphatic rings. The highest BCUT2D eigenvalue weighted by Crippen LogP contribution is 2.28. The van der Waals surface area contributed by atoms with Crippen LogP contribution in [0, 0.1) is 0 Å². The van der Waals surface area contributed by atoms with Crippen LogP contribution in [0.3, 0.4) is 0 Å². The Morgan fingerprint density at radius 2 is 1.80 bits per heavy atom. The summed E-state index contributed by atoms with van der Waals surface area (Å²) >= 11 is 10.2. The Morgan fingerprint density at radius 3 is 2.20 bits per heavy atom. The molecule has 0 nitrogen and oxygen atoms in total. The summed E-state index contributed by atoms with van der Waals surface area (Å²) < 4.78 is 10.3. The largest absolute Gasteiger partial charge is 0.257 e. The second-order valence-corrected chi connectivity index (χ2v) is 3.82. The number of hydrogen-bond acceptors (Lipinski definition) is 0. The van der Waals surface area contributed by atoms with E-state index in [-0.39, 0.29) is 6.42 Å². The molecule has 0 heterocycles. The smallest absolute Gasteiger partial charge is 0.208 e. The highest BCUT2D eigenvalue weighted by Gasteiger charge is 2.20. The monoisotopic (exact) mass is 186 g/mol. The van der Waals surface area contributed by atoms with Gasteiger partial charge in [0.15, 0.2) is 0 Å². The van der Waals surface area contributed by atoms with E-state index in [4.69, 9.17) is 23.2 Å². The summed E-state index contributed by atoms with van der Waals surface area (Å²) in [6.07, 6.45) is 4.31. The molecule has 0 spiro atoms. The third-order valence-corrected chi connectivity index (χ3v) is 1.69. The van der Waals surface area contributed by atoms with Gasteiger partial charge in [0.05, 0.1) is 0 Å². The van der Waals surface area contributed by atoms with Gasteiger partial charge >= 0.3 is 0 Å². The Bertz CT molecular complexity index is 78.2. The fourth-order valence-corrected chi connectivity index (χ4v) is 1.02. The summed E-state index contributed by atoms with van der Waals surface area (Å²) in [6.45, 7) is 2.10. The van der Waals surface area contributed by atoms with Crippen LogP contribution < -0.4 is 0 Å². The first kappa shape index (κ1) is 10.5. The molecule has 0 bridgehead atoms. The molecule has 0 fully saturated rings. The Labute approximate surface area is 71.7 Å². The molecule has 0 N–H and O–H groups in total. The topological polar surface area (TPSA) is 0 Å². The van der Waals surface area contributed by atoms with E-state index < -0.39 is 4.59 Å². The summed E-state index contributed by atoms with van der Waals surface area (Å²) in [4.78, 5) is 0. The van der Waals surface area contributed by atoms with Gasteiger partial charge in [0.2, 0.25) is 0 Å². The molecular formula is C7H13Cl2F. The van der Waals surface area contributed by atoms with Crippen LogP contribution in [0.15, 0.2) is 0 Å². The first-order valence-corrected chi connectivity index (χ1v) is 4.38. The van der Waals surface area contributed by atoms with Crippen LogP contribution >= 0.6 is 23.2 Å². The van der Waals surface area contributed by atoms with Gasteiger partial charge in [0.25, 0.3) is 4.59 Å². The van der Waals surface area contributed by atoms with Crippen molar-refractivity contribution >= 4 is 23.2 Å². The quantitative estimate of drug-likeness (QED) is 0.449. The second-order valence-electron chi connectivity index (χ2n) is 2.43. The van der Waals surface area contributed by atoms with Crippen LogP contribution in [0.25, 0.3) is 0 Å². The van der Waals surface area contributed by atoms with Crippen molar-refractivity contribution in [2.24, 2.45) is 0 Å². The number of alkyl halides is 3. The summed E-state index contributed by atoms with van der Waals surface area (Å²) in [5.74, 6) is 0. The molecule has 0 aromatic carbocycles. The maximum absolute atomic E-state index is 12.3. The van der Waals surface area contributed by atoms with Crippen molar-refractivity contribution < 1.29 is 4.39 Å². The van der Waals surface area contributed by atoms with Crippen LogP contribution in [0.1, 0.15) is 39.0 Å². The molecule has 3 heteroatoms. The number of unbranched alkanes of at least 4 members (excludes halogenated alkanes) is 3. The lowest BCUT2D eigenvalue weighted by atomic mass is 10.2. The highest BCUT2D eigenvalue weighted by molar-refractivity contribution is 6.47. The zero-order valence-corrected chi connectivity index (χ0v) is 7.68. The second kappa shape index (κ2) is 5.20. The molecule has 0 amide bonds. The molecule has 0 aliphatic carbocycles. The van der Waals surface area contributed by atoms with Crippen molar-refractivity contribution in [3.8, 4) is 0 Å². The third-order valence-electron chi connectivity index (χ3n) is 1.31. The van der Waals surface area contributed by atoms with Gasteiger partial charge in [-0.1, -0.05) is 49.4 Å². The lowest BCUT2D eigenvalue weighted by molar-refractivity contribution is 0.357. The minimum absolute atomic E-state index is 0.246. The fourth-order valence-electron chi connectivity index (χ4n) is 0.752. The fraction of sp³-hybridized carbons (Fsp3) is 1.00. The highest BCUT2D eigenvalue weighted by atomic mass is 35.5. The molecule has 0 aromatic heterocycles. The van der Waals surface area contributed by atoms with Crippen LogP contribution in [0.4, 0.5) is 4.39 Å². The number of rotatable bonds is 5. The van der Waals surface area contributed by atoms with Crippen molar-refractivity contribution in [2.45, 2.75) is 43.6 Å². The minimum Gasteiger partial charge on any atom is -0.208 e. The average Bonchev–Trinajstić information content (AvgIpc) is 1.78. The van der Waals surface area contributed by atoms with Gasteiger partial charge in [0, 0.05) is 6.42 Å². The van der Waals surface area contributed by atoms with E-state index in [1.54, 1.807) is 0 Å². The Balaban J connectivity index is 3.04. The minimum atomic E-state index is -2.01. The molecule has 0 radical (unpaired) electrons. The Hall–Kier alpha value is 0.510. The Kier molecular flexibility index (Phi) is 5.46. The van der Waals surface area contributed by atoms with Gasteiger partial charge in [-0.15, -0.1) is 0 Å². The van der Waals surface area contributed by atoms with Crippen molar-refractivity contribution in [1.82, 2.24) is 0 Å². The van der Waals surface area contributed by atoms with E-state index >= 15 is 0 Å². The standard InChI is InChI=1S/C7H13Cl2F/c1-2-3-4-5-6-7(8,9)10/h2-6H2,1H3. The molecule has 0 aromatic rings.